The molecule has 0 bridgehead atoms. The van der Waals surface area contributed by atoms with E-state index < -0.39 is 0 Å². The molecule has 0 aliphatic heterocycles. The molecule has 0 fully saturated rings. The molecule has 0 amide bonds. The van der Waals surface area contributed by atoms with Crippen LogP contribution in [0.25, 0.3) is 6.08 Å². The van der Waals surface area contributed by atoms with Crippen molar-refractivity contribution in [2.45, 2.75) is 12.8 Å². The second-order valence-corrected chi connectivity index (χ2v) is 2.57. The summed E-state index contributed by atoms with van der Waals surface area (Å²) in [6.45, 7) is 0. The Kier molecular flexibility index (Phi) is 3.82. The van der Waals surface area contributed by atoms with Gasteiger partial charge in [-0.25, -0.2) is 0 Å². The zero-order valence-electron chi connectivity index (χ0n) is 7.53. The Morgan fingerprint density at radius 3 is 3.15 bits per heavy atom. The minimum atomic E-state index is -0.183. The molecule has 0 spiro atoms. The van der Waals surface area contributed by atoms with Crippen LogP contribution in [-0.2, 0) is 9.53 Å². The topological polar surface area (TPSA) is 39.4 Å². The quantitative estimate of drug-likeness (QED) is 0.667. The average molecular weight is 180 g/mol. The molecule has 0 aliphatic rings. The maximum Gasteiger partial charge on any atom is 0.305 e. The first-order valence-electron chi connectivity index (χ1n) is 4.08. The molecule has 1 rings (SSSR count). The molecule has 0 saturated carbocycles. The monoisotopic (exact) mass is 180 g/mol. The van der Waals surface area contributed by atoms with Gasteiger partial charge >= 0.3 is 5.97 Å². The average Bonchev–Trinajstić information content (AvgIpc) is 2.64. The van der Waals surface area contributed by atoms with Gasteiger partial charge in [-0.2, -0.15) is 0 Å². The summed E-state index contributed by atoms with van der Waals surface area (Å²) in [5, 5.41) is 0. The normalized spacial score (nSPS) is 10.5. The van der Waals surface area contributed by atoms with Crippen molar-refractivity contribution in [3.8, 4) is 0 Å². The molecule has 3 nitrogen and oxygen atoms in total. The Morgan fingerprint density at radius 1 is 1.69 bits per heavy atom. The number of ether oxygens (including phenoxy) is 1. The fourth-order valence-corrected chi connectivity index (χ4v) is 0.892. The van der Waals surface area contributed by atoms with E-state index in [1.54, 1.807) is 12.5 Å². The van der Waals surface area contributed by atoms with Gasteiger partial charge in [-0.1, -0.05) is 12.2 Å². The van der Waals surface area contributed by atoms with Crippen molar-refractivity contribution in [2.24, 2.45) is 0 Å². The van der Waals surface area contributed by atoms with E-state index >= 15 is 0 Å². The fraction of sp³-hybridized carbons (Fsp3) is 0.300. The largest absolute Gasteiger partial charge is 0.472 e. The maximum atomic E-state index is 10.7. The summed E-state index contributed by atoms with van der Waals surface area (Å²) >= 11 is 0. The molecule has 1 aromatic heterocycles. The molecule has 0 radical (unpaired) electrons. The molecule has 0 N–H and O–H groups in total. The summed E-state index contributed by atoms with van der Waals surface area (Å²) in [5.74, 6) is -0.183. The van der Waals surface area contributed by atoms with Gasteiger partial charge in [0.05, 0.1) is 19.6 Å². The first-order valence-corrected chi connectivity index (χ1v) is 4.08. The predicted octanol–water partition coefficient (Wildman–Crippen LogP) is 2.25. The summed E-state index contributed by atoms with van der Waals surface area (Å²) in [7, 11) is 1.39. The lowest BCUT2D eigenvalue weighted by Crippen LogP contribution is -1.97. The van der Waals surface area contributed by atoms with Crippen molar-refractivity contribution >= 4 is 12.0 Å². The highest BCUT2D eigenvalue weighted by atomic mass is 16.5. The fourth-order valence-electron chi connectivity index (χ4n) is 0.892. The van der Waals surface area contributed by atoms with Crippen LogP contribution in [0.3, 0.4) is 0 Å². The third-order valence-corrected chi connectivity index (χ3v) is 1.60. The zero-order valence-corrected chi connectivity index (χ0v) is 7.53. The molecule has 1 aromatic rings. The van der Waals surface area contributed by atoms with Crippen LogP contribution in [0, 0.1) is 0 Å². The number of carbonyl (C=O) groups is 1. The second kappa shape index (κ2) is 5.19. The molecule has 13 heavy (non-hydrogen) atoms. The van der Waals surface area contributed by atoms with Crippen LogP contribution in [0.4, 0.5) is 0 Å². The molecular formula is C10H12O3. The van der Waals surface area contributed by atoms with Crippen LogP contribution in [0.2, 0.25) is 0 Å². The number of hydrogen-bond donors (Lipinski definition) is 0. The Morgan fingerprint density at radius 2 is 2.54 bits per heavy atom. The molecule has 1 heterocycles. The van der Waals surface area contributed by atoms with Gasteiger partial charge in [0, 0.05) is 12.0 Å². The summed E-state index contributed by atoms with van der Waals surface area (Å²) in [6, 6.07) is 1.86. The van der Waals surface area contributed by atoms with E-state index in [-0.39, 0.29) is 5.97 Å². The van der Waals surface area contributed by atoms with Gasteiger partial charge in [0.1, 0.15) is 0 Å². The van der Waals surface area contributed by atoms with E-state index in [2.05, 4.69) is 4.74 Å². The Bertz CT molecular complexity index is 272. The lowest BCUT2D eigenvalue weighted by atomic mass is 10.2. The minimum Gasteiger partial charge on any atom is -0.472 e. The van der Waals surface area contributed by atoms with E-state index in [9.17, 15) is 4.79 Å². The lowest BCUT2D eigenvalue weighted by molar-refractivity contribution is -0.140. The van der Waals surface area contributed by atoms with E-state index in [1.807, 2.05) is 18.2 Å². The van der Waals surface area contributed by atoms with Crippen LogP contribution in [0.15, 0.2) is 29.1 Å². The number of allylic oxidation sites excluding steroid dienone is 1. The third-order valence-electron chi connectivity index (χ3n) is 1.60. The molecule has 0 aliphatic carbocycles. The number of methoxy groups -OCH3 is 1. The van der Waals surface area contributed by atoms with Crippen LogP contribution < -0.4 is 0 Å². The summed E-state index contributed by atoms with van der Waals surface area (Å²) in [4.78, 5) is 10.7. The highest BCUT2D eigenvalue weighted by Gasteiger charge is 1.95. The molecule has 0 aromatic carbocycles. The molecule has 3 heteroatoms. The van der Waals surface area contributed by atoms with Crippen LogP contribution in [-0.4, -0.2) is 13.1 Å². The predicted molar refractivity (Wildman–Crippen MR) is 49.0 cm³/mol. The van der Waals surface area contributed by atoms with Crippen molar-refractivity contribution in [1.82, 2.24) is 0 Å². The van der Waals surface area contributed by atoms with E-state index in [1.165, 1.54) is 7.11 Å². The molecule has 70 valence electrons. The van der Waals surface area contributed by atoms with Gasteiger partial charge in [-0.15, -0.1) is 0 Å². The van der Waals surface area contributed by atoms with Gasteiger partial charge in [0.15, 0.2) is 0 Å². The van der Waals surface area contributed by atoms with E-state index in [0.29, 0.717) is 12.8 Å². The van der Waals surface area contributed by atoms with Gasteiger partial charge in [-0.05, 0) is 12.5 Å². The summed E-state index contributed by atoms with van der Waals surface area (Å²) in [6.07, 6.45) is 8.20. The number of hydrogen-bond acceptors (Lipinski definition) is 3. The molecule has 0 atom stereocenters. The number of furan rings is 1. The highest BCUT2D eigenvalue weighted by Crippen LogP contribution is 2.04. The van der Waals surface area contributed by atoms with Crippen molar-refractivity contribution in [1.29, 1.82) is 0 Å². The Labute approximate surface area is 77.0 Å². The maximum absolute atomic E-state index is 10.7. The van der Waals surface area contributed by atoms with Crippen LogP contribution >= 0.6 is 0 Å². The minimum absolute atomic E-state index is 0.183. The van der Waals surface area contributed by atoms with Crippen molar-refractivity contribution in [3.63, 3.8) is 0 Å². The smallest absolute Gasteiger partial charge is 0.305 e. The Hall–Kier alpha value is -1.51. The number of esters is 1. The second-order valence-electron chi connectivity index (χ2n) is 2.57. The first kappa shape index (κ1) is 9.58. The summed E-state index contributed by atoms with van der Waals surface area (Å²) < 4.78 is 9.37. The molecule has 0 saturated heterocycles. The zero-order chi connectivity index (χ0) is 9.52. The first-order chi connectivity index (χ1) is 6.33. The lowest BCUT2D eigenvalue weighted by Gasteiger charge is -1.93. The number of rotatable bonds is 4. The Balaban J connectivity index is 2.23. The summed E-state index contributed by atoms with van der Waals surface area (Å²) in [5.41, 5.74) is 1.00. The van der Waals surface area contributed by atoms with Crippen LogP contribution in [0.1, 0.15) is 18.4 Å². The third kappa shape index (κ3) is 3.60. The van der Waals surface area contributed by atoms with Crippen LogP contribution in [0.5, 0.6) is 0 Å². The van der Waals surface area contributed by atoms with Crippen molar-refractivity contribution in [3.05, 3.63) is 30.2 Å². The molecule has 0 unspecified atom stereocenters. The van der Waals surface area contributed by atoms with E-state index in [4.69, 9.17) is 4.42 Å². The highest BCUT2D eigenvalue weighted by molar-refractivity contribution is 5.69. The van der Waals surface area contributed by atoms with Gasteiger partial charge in [-0.3, -0.25) is 4.79 Å². The molecular weight excluding hydrogens is 168 g/mol. The number of carbonyl (C=O) groups excluding carboxylic acids is 1. The van der Waals surface area contributed by atoms with Crippen molar-refractivity contribution < 1.29 is 13.9 Å². The standard InChI is InChI=1S/C10H12O3/c1-12-10(11)5-3-2-4-9-6-7-13-8-9/h2,4,6-8H,3,5H2,1H3/b4-2+. The van der Waals surface area contributed by atoms with E-state index in [0.717, 1.165) is 5.56 Å². The van der Waals surface area contributed by atoms with Crippen molar-refractivity contribution in [2.75, 3.05) is 7.11 Å². The SMILES string of the molecule is COC(=O)CC/C=C/c1ccoc1. The van der Waals surface area contributed by atoms with Gasteiger partial charge < -0.3 is 9.15 Å². The van der Waals surface area contributed by atoms with Gasteiger partial charge in [0.25, 0.3) is 0 Å². The van der Waals surface area contributed by atoms with Gasteiger partial charge in [0.2, 0.25) is 0 Å².